The van der Waals surface area contributed by atoms with Crippen molar-refractivity contribution in [3.8, 4) is 5.75 Å². The fourth-order valence-electron chi connectivity index (χ4n) is 4.20. The number of hydrogen-bond donors (Lipinski definition) is 0. The highest BCUT2D eigenvalue weighted by Gasteiger charge is 2.34. The molecule has 0 unspecified atom stereocenters. The molecule has 1 aliphatic rings. The number of likely N-dealkylation sites (N-methyl/N-ethyl adjacent to an activating group) is 1. The van der Waals surface area contributed by atoms with Crippen molar-refractivity contribution in [2.75, 3.05) is 27.2 Å². The van der Waals surface area contributed by atoms with E-state index in [2.05, 4.69) is 4.90 Å². The van der Waals surface area contributed by atoms with Gasteiger partial charge >= 0.3 is 11.9 Å². The van der Waals surface area contributed by atoms with Gasteiger partial charge in [0.2, 0.25) is 0 Å². The minimum atomic E-state index is -4.49. The maximum Gasteiger partial charge on any atom is 0.416 e. The molecule has 0 bridgehead atoms. The third-order valence-corrected chi connectivity index (χ3v) is 5.55. The smallest absolute Gasteiger partial charge is 0.416 e. The van der Waals surface area contributed by atoms with Crippen LogP contribution in [-0.4, -0.2) is 41.3 Å². The molecule has 1 saturated heterocycles. The molecule has 29 heavy (non-hydrogen) atoms. The Balaban J connectivity index is 1.92. The summed E-state index contributed by atoms with van der Waals surface area (Å²) in [5.74, 6) is 0.467. The lowest BCUT2D eigenvalue weighted by Gasteiger charge is -2.14. The molecule has 1 aliphatic heterocycles. The zero-order chi connectivity index (χ0) is 20.8. The van der Waals surface area contributed by atoms with Gasteiger partial charge in [0.1, 0.15) is 11.3 Å². The number of para-hydroxylation sites is 1. The quantitative estimate of drug-likeness (QED) is 0.664. The number of likely N-dealkylation sites (tertiary alicyclic amines) is 1. The lowest BCUT2D eigenvalue weighted by molar-refractivity contribution is -0.138. The van der Waals surface area contributed by atoms with Crippen LogP contribution in [0.1, 0.15) is 23.6 Å². The van der Waals surface area contributed by atoms with Gasteiger partial charge in [0.05, 0.1) is 30.8 Å². The van der Waals surface area contributed by atoms with Crippen molar-refractivity contribution in [3.05, 3.63) is 64.1 Å². The molecule has 1 aromatic heterocycles. The Hall–Kier alpha value is -2.74. The van der Waals surface area contributed by atoms with Crippen LogP contribution in [0.25, 0.3) is 11.0 Å². The SMILES string of the molecule is COc1cccc2c1n(Cc1ccccc1C(F)(F)F)c(=O)n2[C@@H]1CCN(C)C1. The Morgan fingerprint density at radius 2 is 1.90 bits per heavy atom. The summed E-state index contributed by atoms with van der Waals surface area (Å²) in [6.07, 6.45) is -3.68. The number of benzene rings is 2. The van der Waals surface area contributed by atoms with Gasteiger partial charge in [-0.1, -0.05) is 24.3 Å². The summed E-state index contributed by atoms with van der Waals surface area (Å²) in [4.78, 5) is 15.5. The summed E-state index contributed by atoms with van der Waals surface area (Å²) in [5.41, 5.74) is 0.200. The van der Waals surface area contributed by atoms with E-state index in [1.54, 1.807) is 22.8 Å². The molecule has 0 N–H and O–H groups in total. The number of halogens is 3. The number of alkyl halides is 3. The summed E-state index contributed by atoms with van der Waals surface area (Å²) >= 11 is 0. The minimum Gasteiger partial charge on any atom is -0.494 e. The fraction of sp³-hybridized carbons (Fsp3) is 0.381. The second-order valence-corrected chi connectivity index (χ2v) is 7.43. The molecular formula is C21H22F3N3O2. The Labute approximate surface area is 165 Å². The van der Waals surface area contributed by atoms with Crippen molar-refractivity contribution in [3.63, 3.8) is 0 Å². The Kier molecular flexibility index (Phi) is 4.90. The normalized spacial score (nSPS) is 17.9. The molecular weight excluding hydrogens is 383 g/mol. The average molecular weight is 405 g/mol. The number of imidazole rings is 1. The van der Waals surface area contributed by atoms with E-state index in [0.29, 0.717) is 16.8 Å². The van der Waals surface area contributed by atoms with Crippen LogP contribution in [0.15, 0.2) is 47.3 Å². The molecule has 1 atom stereocenters. The number of nitrogens with zero attached hydrogens (tertiary/aromatic N) is 3. The van der Waals surface area contributed by atoms with Crippen molar-refractivity contribution >= 4 is 11.0 Å². The van der Waals surface area contributed by atoms with E-state index in [1.807, 2.05) is 13.1 Å². The molecule has 154 valence electrons. The van der Waals surface area contributed by atoms with Crippen LogP contribution in [0.3, 0.4) is 0 Å². The molecule has 8 heteroatoms. The number of hydrogen-bond acceptors (Lipinski definition) is 3. The third kappa shape index (κ3) is 3.42. The van der Waals surface area contributed by atoms with Crippen LogP contribution >= 0.6 is 0 Å². The van der Waals surface area contributed by atoms with Gasteiger partial charge in [-0.25, -0.2) is 4.79 Å². The lowest BCUT2D eigenvalue weighted by Crippen LogP contribution is -2.29. The highest BCUT2D eigenvalue weighted by molar-refractivity contribution is 5.83. The van der Waals surface area contributed by atoms with Gasteiger partial charge in [0.25, 0.3) is 0 Å². The van der Waals surface area contributed by atoms with Crippen molar-refractivity contribution in [1.29, 1.82) is 0 Å². The number of aromatic nitrogens is 2. The van der Waals surface area contributed by atoms with Crippen LogP contribution in [-0.2, 0) is 12.7 Å². The zero-order valence-electron chi connectivity index (χ0n) is 16.2. The molecule has 2 aromatic carbocycles. The van der Waals surface area contributed by atoms with Gasteiger partial charge in [-0.05, 0) is 43.8 Å². The van der Waals surface area contributed by atoms with Crippen molar-refractivity contribution in [2.45, 2.75) is 25.2 Å². The first kappa shape index (κ1) is 19.6. The van der Waals surface area contributed by atoms with Gasteiger partial charge in [-0.15, -0.1) is 0 Å². The standard InChI is InChI=1S/C21H22F3N3O2/c1-25-11-10-15(13-25)27-17-8-5-9-18(29-2)19(17)26(20(27)28)12-14-6-3-4-7-16(14)21(22,23)24/h3-9,15H,10-13H2,1-2H3/t15-/m1/s1. The molecule has 0 amide bonds. The number of methoxy groups -OCH3 is 1. The van der Waals surface area contributed by atoms with Gasteiger partial charge < -0.3 is 9.64 Å². The first-order valence-electron chi connectivity index (χ1n) is 9.42. The van der Waals surface area contributed by atoms with Crippen molar-refractivity contribution in [1.82, 2.24) is 14.0 Å². The van der Waals surface area contributed by atoms with Crippen molar-refractivity contribution in [2.24, 2.45) is 0 Å². The third-order valence-electron chi connectivity index (χ3n) is 5.55. The van der Waals surface area contributed by atoms with Gasteiger partial charge in [-0.3, -0.25) is 9.13 Å². The number of fused-ring (bicyclic) bond motifs is 1. The van der Waals surface area contributed by atoms with Crippen LogP contribution in [0, 0.1) is 0 Å². The molecule has 0 spiro atoms. The van der Waals surface area contributed by atoms with Crippen molar-refractivity contribution < 1.29 is 17.9 Å². The monoisotopic (exact) mass is 405 g/mol. The topological polar surface area (TPSA) is 39.4 Å². The molecule has 3 aromatic rings. The Bertz CT molecular complexity index is 1100. The fourth-order valence-corrected chi connectivity index (χ4v) is 4.20. The first-order chi connectivity index (χ1) is 13.8. The zero-order valence-corrected chi connectivity index (χ0v) is 16.2. The van der Waals surface area contributed by atoms with Crippen LogP contribution in [0.2, 0.25) is 0 Å². The predicted molar refractivity (Wildman–Crippen MR) is 104 cm³/mol. The average Bonchev–Trinajstić information content (AvgIpc) is 3.22. The number of ether oxygens (including phenoxy) is 1. The molecule has 0 saturated carbocycles. The Morgan fingerprint density at radius 1 is 1.14 bits per heavy atom. The van der Waals surface area contributed by atoms with E-state index >= 15 is 0 Å². The second kappa shape index (κ2) is 7.26. The molecule has 0 radical (unpaired) electrons. The Morgan fingerprint density at radius 3 is 2.55 bits per heavy atom. The number of rotatable bonds is 4. The summed E-state index contributed by atoms with van der Waals surface area (Å²) in [6, 6.07) is 10.7. The lowest BCUT2D eigenvalue weighted by atomic mass is 10.1. The van der Waals surface area contributed by atoms with E-state index in [1.165, 1.54) is 23.8 Å². The van der Waals surface area contributed by atoms with Gasteiger partial charge in [0, 0.05) is 6.54 Å². The highest BCUT2D eigenvalue weighted by Crippen LogP contribution is 2.34. The molecule has 2 heterocycles. The summed E-state index contributed by atoms with van der Waals surface area (Å²) in [6.45, 7) is 1.40. The summed E-state index contributed by atoms with van der Waals surface area (Å²) < 4.78 is 49.0. The second-order valence-electron chi connectivity index (χ2n) is 7.43. The molecule has 4 rings (SSSR count). The molecule has 5 nitrogen and oxygen atoms in total. The van der Waals surface area contributed by atoms with E-state index in [9.17, 15) is 18.0 Å². The largest absolute Gasteiger partial charge is 0.494 e. The van der Waals surface area contributed by atoms with E-state index in [0.717, 1.165) is 25.6 Å². The summed E-state index contributed by atoms with van der Waals surface area (Å²) in [5, 5.41) is 0. The summed E-state index contributed by atoms with van der Waals surface area (Å²) in [7, 11) is 3.48. The van der Waals surface area contributed by atoms with E-state index in [-0.39, 0.29) is 23.8 Å². The minimum absolute atomic E-state index is 0.0267. The predicted octanol–water partition coefficient (Wildman–Crippen LogP) is 3.76. The van der Waals surface area contributed by atoms with Crippen LogP contribution < -0.4 is 10.4 Å². The molecule has 0 aliphatic carbocycles. The van der Waals surface area contributed by atoms with Gasteiger partial charge in [-0.2, -0.15) is 13.2 Å². The van der Waals surface area contributed by atoms with Gasteiger partial charge in [0.15, 0.2) is 0 Å². The maximum atomic E-state index is 13.5. The molecule has 1 fully saturated rings. The van der Waals surface area contributed by atoms with Crippen LogP contribution in [0.4, 0.5) is 13.2 Å². The van der Waals surface area contributed by atoms with E-state index < -0.39 is 11.7 Å². The maximum absolute atomic E-state index is 13.5. The highest BCUT2D eigenvalue weighted by atomic mass is 19.4. The van der Waals surface area contributed by atoms with E-state index in [4.69, 9.17) is 4.74 Å². The first-order valence-corrected chi connectivity index (χ1v) is 9.42. The van der Waals surface area contributed by atoms with Crippen LogP contribution in [0.5, 0.6) is 5.75 Å².